The third kappa shape index (κ3) is 7.17. The fraction of sp³-hybridized carbons (Fsp3) is 0.357. The minimum Gasteiger partial charge on any atom is -0.496 e. The summed E-state index contributed by atoms with van der Waals surface area (Å²) in [6.45, 7) is 8.59. The maximum Gasteiger partial charge on any atom is 0.257 e. The Labute approximate surface area is 236 Å². The van der Waals surface area contributed by atoms with E-state index in [9.17, 15) is 14.4 Å². The fourth-order valence-electron chi connectivity index (χ4n) is 4.12. The van der Waals surface area contributed by atoms with Crippen molar-refractivity contribution in [3.63, 3.8) is 0 Å². The molecule has 1 aliphatic rings. The number of amides is 3. The molecular formula is C28H32N4O5S2. The standard InChI is InChI=1S/C28H32N4O5S2/c1-5-37-17-20-6-8-21(9-7-20)26(34)30-28-29-16-25(39-28)38-24-15-22(23(36-4)14-18(24)2)27(35)32-12-10-31(11-13-32)19(3)33/h6-9,14-16H,5,10-13,17H2,1-4H3,(H,29,30,34). The highest BCUT2D eigenvalue weighted by Crippen LogP contribution is 2.38. The van der Waals surface area contributed by atoms with Gasteiger partial charge in [0, 0.05) is 50.2 Å². The van der Waals surface area contributed by atoms with Crippen LogP contribution in [0.2, 0.25) is 0 Å². The summed E-state index contributed by atoms with van der Waals surface area (Å²) in [5.74, 6) is 0.174. The predicted molar refractivity (Wildman–Crippen MR) is 152 cm³/mol. The van der Waals surface area contributed by atoms with Gasteiger partial charge in [-0.25, -0.2) is 4.98 Å². The number of nitrogens with zero attached hydrogens (tertiary/aromatic N) is 3. The zero-order valence-corrected chi connectivity index (χ0v) is 24.1. The quantitative estimate of drug-likeness (QED) is 0.399. The number of anilines is 1. The second-order valence-electron chi connectivity index (χ2n) is 8.99. The van der Waals surface area contributed by atoms with E-state index in [0.717, 1.165) is 20.2 Å². The van der Waals surface area contributed by atoms with Crippen molar-refractivity contribution in [2.24, 2.45) is 0 Å². The van der Waals surface area contributed by atoms with Crippen LogP contribution in [0.5, 0.6) is 5.75 Å². The molecule has 9 nitrogen and oxygen atoms in total. The van der Waals surface area contributed by atoms with Crippen molar-refractivity contribution in [2.75, 3.05) is 45.2 Å². The number of aryl methyl sites for hydroxylation is 1. The van der Waals surface area contributed by atoms with Crippen molar-refractivity contribution in [3.8, 4) is 5.75 Å². The lowest BCUT2D eigenvalue weighted by Gasteiger charge is -2.34. The monoisotopic (exact) mass is 568 g/mol. The normalized spacial score (nSPS) is 13.3. The van der Waals surface area contributed by atoms with Gasteiger partial charge in [0.25, 0.3) is 11.8 Å². The average molecular weight is 569 g/mol. The van der Waals surface area contributed by atoms with Crippen molar-refractivity contribution in [2.45, 2.75) is 36.5 Å². The maximum atomic E-state index is 13.4. The highest BCUT2D eigenvalue weighted by atomic mass is 32.2. The van der Waals surface area contributed by atoms with E-state index in [0.29, 0.717) is 61.4 Å². The van der Waals surface area contributed by atoms with Crippen LogP contribution >= 0.6 is 23.1 Å². The Morgan fingerprint density at radius 1 is 1.08 bits per heavy atom. The first-order valence-corrected chi connectivity index (χ1v) is 14.3. The highest BCUT2D eigenvalue weighted by Gasteiger charge is 2.26. The van der Waals surface area contributed by atoms with Gasteiger partial charge in [-0.2, -0.15) is 0 Å². The number of nitrogens with one attached hydrogen (secondary N) is 1. The Morgan fingerprint density at radius 2 is 1.77 bits per heavy atom. The number of methoxy groups -OCH3 is 1. The zero-order valence-electron chi connectivity index (χ0n) is 22.5. The number of ether oxygens (including phenoxy) is 2. The number of thiazole rings is 1. The van der Waals surface area contributed by atoms with Gasteiger partial charge in [-0.15, -0.1) is 0 Å². The summed E-state index contributed by atoms with van der Waals surface area (Å²) in [6, 6.07) is 11.0. The summed E-state index contributed by atoms with van der Waals surface area (Å²) < 4.78 is 11.8. The maximum absolute atomic E-state index is 13.4. The molecule has 0 radical (unpaired) electrons. The Hall–Kier alpha value is -3.41. The number of carbonyl (C=O) groups is 3. The molecule has 4 rings (SSSR count). The Kier molecular flexibility index (Phi) is 9.60. The van der Waals surface area contributed by atoms with E-state index in [1.807, 2.05) is 38.1 Å². The minimum absolute atomic E-state index is 0.0178. The summed E-state index contributed by atoms with van der Waals surface area (Å²) in [7, 11) is 1.55. The van der Waals surface area contributed by atoms with Crippen LogP contribution in [-0.4, -0.2) is 72.4 Å². The predicted octanol–water partition coefficient (Wildman–Crippen LogP) is 4.70. The molecule has 206 valence electrons. The lowest BCUT2D eigenvalue weighted by Crippen LogP contribution is -2.50. The number of aromatic nitrogens is 1. The average Bonchev–Trinajstić information content (AvgIpc) is 3.39. The smallest absolute Gasteiger partial charge is 0.257 e. The van der Waals surface area contributed by atoms with Crippen LogP contribution in [0.15, 0.2) is 51.7 Å². The molecule has 39 heavy (non-hydrogen) atoms. The van der Waals surface area contributed by atoms with Gasteiger partial charge in [0.2, 0.25) is 5.91 Å². The van der Waals surface area contributed by atoms with Gasteiger partial charge in [0.1, 0.15) is 5.75 Å². The molecular weight excluding hydrogens is 536 g/mol. The summed E-state index contributed by atoms with van der Waals surface area (Å²) in [5, 5.41) is 3.35. The van der Waals surface area contributed by atoms with E-state index in [-0.39, 0.29) is 17.7 Å². The summed E-state index contributed by atoms with van der Waals surface area (Å²) in [5.41, 5.74) is 2.99. The summed E-state index contributed by atoms with van der Waals surface area (Å²) in [6.07, 6.45) is 1.71. The molecule has 3 amide bonds. The molecule has 1 aromatic heterocycles. The second-order valence-corrected chi connectivity index (χ2v) is 11.4. The molecule has 1 saturated heterocycles. The van der Waals surface area contributed by atoms with Crippen molar-refractivity contribution < 1.29 is 23.9 Å². The Balaban J connectivity index is 1.44. The molecule has 3 aromatic rings. The molecule has 0 saturated carbocycles. The van der Waals surface area contributed by atoms with Gasteiger partial charge in [0.05, 0.1) is 29.7 Å². The largest absolute Gasteiger partial charge is 0.496 e. The zero-order chi connectivity index (χ0) is 27.9. The van der Waals surface area contributed by atoms with E-state index in [2.05, 4.69) is 10.3 Å². The number of benzene rings is 2. The third-order valence-corrected chi connectivity index (χ3v) is 8.52. The molecule has 1 fully saturated rings. The fourth-order valence-corrected chi connectivity index (χ4v) is 6.05. The van der Waals surface area contributed by atoms with Crippen LogP contribution in [0.3, 0.4) is 0 Å². The molecule has 0 atom stereocenters. The molecule has 2 heterocycles. The van der Waals surface area contributed by atoms with E-state index in [1.54, 1.807) is 42.2 Å². The van der Waals surface area contributed by atoms with Crippen LogP contribution in [-0.2, 0) is 16.1 Å². The molecule has 11 heteroatoms. The van der Waals surface area contributed by atoms with E-state index < -0.39 is 0 Å². The third-order valence-electron chi connectivity index (χ3n) is 6.34. The number of hydrogen-bond acceptors (Lipinski definition) is 8. The molecule has 1 aliphatic heterocycles. The highest BCUT2D eigenvalue weighted by molar-refractivity contribution is 8.01. The van der Waals surface area contributed by atoms with Crippen LogP contribution in [0, 0.1) is 6.92 Å². The SMILES string of the molecule is CCOCc1ccc(C(=O)Nc2ncc(Sc3cc(C(=O)N4CCN(C(C)=O)CC4)c(OC)cc3C)s2)cc1. The molecule has 2 aromatic carbocycles. The van der Waals surface area contributed by atoms with Gasteiger partial charge in [-0.1, -0.05) is 35.2 Å². The lowest BCUT2D eigenvalue weighted by atomic mass is 10.1. The van der Waals surface area contributed by atoms with Crippen LogP contribution in [0.4, 0.5) is 5.13 Å². The van der Waals surface area contributed by atoms with Crippen molar-refractivity contribution >= 4 is 46.0 Å². The molecule has 0 spiro atoms. The topological polar surface area (TPSA) is 101 Å². The summed E-state index contributed by atoms with van der Waals surface area (Å²) >= 11 is 2.85. The van der Waals surface area contributed by atoms with Gasteiger partial charge in [-0.05, 0) is 49.2 Å². The van der Waals surface area contributed by atoms with Crippen LogP contribution in [0.1, 0.15) is 45.7 Å². The first-order valence-electron chi connectivity index (χ1n) is 12.6. The molecule has 1 N–H and O–H groups in total. The van der Waals surface area contributed by atoms with Gasteiger partial charge < -0.3 is 19.3 Å². The Bertz CT molecular complexity index is 1330. The van der Waals surface area contributed by atoms with Crippen LogP contribution in [0.25, 0.3) is 0 Å². The second kappa shape index (κ2) is 13.1. The van der Waals surface area contributed by atoms with E-state index >= 15 is 0 Å². The molecule has 0 unspecified atom stereocenters. The van der Waals surface area contributed by atoms with Crippen molar-refractivity contribution in [1.82, 2.24) is 14.8 Å². The number of carbonyl (C=O) groups excluding carboxylic acids is 3. The van der Waals surface area contributed by atoms with Gasteiger partial charge in [0.15, 0.2) is 5.13 Å². The van der Waals surface area contributed by atoms with E-state index in [4.69, 9.17) is 9.47 Å². The van der Waals surface area contributed by atoms with Crippen molar-refractivity contribution in [1.29, 1.82) is 0 Å². The molecule has 0 bridgehead atoms. The first-order chi connectivity index (χ1) is 18.8. The Morgan fingerprint density at radius 3 is 2.41 bits per heavy atom. The van der Waals surface area contributed by atoms with Crippen molar-refractivity contribution in [3.05, 3.63) is 64.8 Å². The van der Waals surface area contributed by atoms with Gasteiger partial charge >= 0.3 is 0 Å². The van der Waals surface area contributed by atoms with Gasteiger partial charge in [-0.3, -0.25) is 19.7 Å². The number of piperazine rings is 1. The number of rotatable bonds is 9. The summed E-state index contributed by atoms with van der Waals surface area (Å²) in [4.78, 5) is 46.5. The van der Waals surface area contributed by atoms with E-state index in [1.165, 1.54) is 23.1 Å². The minimum atomic E-state index is -0.234. The lowest BCUT2D eigenvalue weighted by molar-refractivity contribution is -0.130. The van der Waals surface area contributed by atoms with Crippen LogP contribution < -0.4 is 10.1 Å². The first kappa shape index (κ1) is 28.6. The number of hydrogen-bond donors (Lipinski definition) is 1. The molecule has 0 aliphatic carbocycles.